The van der Waals surface area contributed by atoms with Gasteiger partial charge in [0.25, 0.3) is 0 Å². The zero-order valence-corrected chi connectivity index (χ0v) is 13.1. The van der Waals surface area contributed by atoms with Gasteiger partial charge in [-0.1, -0.05) is 24.4 Å². The van der Waals surface area contributed by atoms with E-state index in [0.29, 0.717) is 21.5 Å². The Balaban J connectivity index is 1.84. The molecule has 3 heterocycles. The fourth-order valence-electron chi connectivity index (χ4n) is 2.29. The molecule has 0 fully saturated rings. The molecule has 0 saturated heterocycles. The third-order valence-corrected chi connectivity index (χ3v) is 4.74. The average molecular weight is 331 g/mol. The number of thiazole rings is 1. The van der Waals surface area contributed by atoms with Gasteiger partial charge in [0.15, 0.2) is 10.4 Å². The van der Waals surface area contributed by atoms with Gasteiger partial charge in [0.1, 0.15) is 4.64 Å². The summed E-state index contributed by atoms with van der Waals surface area (Å²) in [4.78, 5) is 10.6. The highest BCUT2D eigenvalue weighted by Gasteiger charge is 2.11. The first-order chi connectivity index (χ1) is 10.2. The largest absolute Gasteiger partial charge is 0.323 e. The zero-order chi connectivity index (χ0) is 14.4. The van der Waals surface area contributed by atoms with E-state index in [1.807, 2.05) is 18.2 Å². The summed E-state index contributed by atoms with van der Waals surface area (Å²) in [5.41, 5.74) is 2.64. The number of H-pyrrole nitrogens is 3. The second kappa shape index (κ2) is 4.83. The van der Waals surface area contributed by atoms with E-state index < -0.39 is 0 Å². The summed E-state index contributed by atoms with van der Waals surface area (Å²) < 4.78 is 2.25. The Bertz CT molecular complexity index is 1040. The van der Waals surface area contributed by atoms with Gasteiger partial charge < -0.3 is 9.97 Å². The second-order valence-electron chi connectivity index (χ2n) is 4.59. The molecular formula is C13H9N5S3. The van der Waals surface area contributed by atoms with E-state index in [4.69, 9.17) is 24.4 Å². The molecule has 0 saturated carbocycles. The summed E-state index contributed by atoms with van der Waals surface area (Å²) in [6.45, 7) is 0. The van der Waals surface area contributed by atoms with Gasteiger partial charge in [-0.3, -0.25) is 5.10 Å². The number of aromatic amines is 3. The molecule has 0 aliphatic heterocycles. The zero-order valence-electron chi connectivity index (χ0n) is 10.6. The molecule has 0 atom stereocenters. The van der Waals surface area contributed by atoms with Gasteiger partial charge in [0.2, 0.25) is 0 Å². The molecule has 0 spiro atoms. The van der Waals surface area contributed by atoms with Crippen LogP contribution in [-0.2, 0) is 6.42 Å². The Labute approximate surface area is 133 Å². The van der Waals surface area contributed by atoms with Crippen LogP contribution in [0.25, 0.3) is 21.3 Å². The highest BCUT2D eigenvalue weighted by atomic mass is 32.1. The maximum absolute atomic E-state index is 5.34. The maximum Gasteiger partial charge on any atom is 0.177 e. The molecular weight excluding hydrogens is 322 g/mol. The first-order valence-corrected chi connectivity index (χ1v) is 7.88. The number of hydrogen-bond acceptors (Lipinski definition) is 5. The standard InChI is InChI=1S/C13H9N5S3/c19-12-10-7(17-18-11(10)15-13(20)16-12)5-9-14-6-3-1-2-4-8(6)21-9/h1-4H,5H2,(H3,15,16,17,18,19,20). The van der Waals surface area contributed by atoms with Crippen LogP contribution in [0.15, 0.2) is 24.3 Å². The fraction of sp³-hybridized carbons (Fsp3) is 0.0769. The molecule has 0 aliphatic rings. The highest BCUT2D eigenvalue weighted by Crippen LogP contribution is 2.25. The summed E-state index contributed by atoms with van der Waals surface area (Å²) in [6, 6.07) is 8.11. The molecule has 0 bridgehead atoms. The van der Waals surface area contributed by atoms with Gasteiger partial charge in [-0.15, -0.1) is 11.3 Å². The Morgan fingerprint density at radius 2 is 2.00 bits per heavy atom. The van der Waals surface area contributed by atoms with E-state index in [1.165, 1.54) is 4.70 Å². The summed E-state index contributed by atoms with van der Waals surface area (Å²) >= 11 is 12.1. The van der Waals surface area contributed by atoms with Crippen molar-refractivity contribution in [2.45, 2.75) is 6.42 Å². The number of fused-ring (bicyclic) bond motifs is 2. The van der Waals surface area contributed by atoms with Crippen molar-refractivity contribution in [3.63, 3.8) is 0 Å². The average Bonchev–Trinajstić information content (AvgIpc) is 3.02. The lowest BCUT2D eigenvalue weighted by Gasteiger charge is -1.95. The molecule has 21 heavy (non-hydrogen) atoms. The Hall–Kier alpha value is -1.90. The number of nitrogens with one attached hydrogen (secondary N) is 3. The van der Waals surface area contributed by atoms with Gasteiger partial charge in [-0.05, 0) is 24.4 Å². The van der Waals surface area contributed by atoms with E-state index in [0.717, 1.165) is 21.6 Å². The van der Waals surface area contributed by atoms with Gasteiger partial charge in [-0.25, -0.2) is 4.98 Å². The van der Waals surface area contributed by atoms with Crippen LogP contribution in [0.4, 0.5) is 0 Å². The van der Waals surface area contributed by atoms with Crippen molar-refractivity contribution < 1.29 is 0 Å². The van der Waals surface area contributed by atoms with E-state index in [-0.39, 0.29) is 0 Å². The first kappa shape index (κ1) is 12.8. The highest BCUT2D eigenvalue weighted by molar-refractivity contribution is 7.72. The molecule has 3 aromatic heterocycles. The summed E-state index contributed by atoms with van der Waals surface area (Å²) in [5.74, 6) is 0. The minimum atomic E-state index is 0.477. The smallest absolute Gasteiger partial charge is 0.177 e. The summed E-state index contributed by atoms with van der Waals surface area (Å²) in [6.07, 6.45) is 0.665. The van der Waals surface area contributed by atoms with E-state index in [9.17, 15) is 0 Å². The molecule has 3 N–H and O–H groups in total. The Morgan fingerprint density at radius 1 is 1.14 bits per heavy atom. The van der Waals surface area contributed by atoms with Crippen molar-refractivity contribution in [3.05, 3.63) is 44.4 Å². The normalized spacial score (nSPS) is 11.4. The third-order valence-electron chi connectivity index (χ3n) is 3.19. The minimum Gasteiger partial charge on any atom is -0.323 e. The molecule has 4 rings (SSSR count). The van der Waals surface area contributed by atoms with Crippen molar-refractivity contribution in [3.8, 4) is 0 Å². The molecule has 1 aromatic carbocycles. The van der Waals surface area contributed by atoms with Gasteiger partial charge in [0.05, 0.1) is 26.3 Å². The molecule has 0 radical (unpaired) electrons. The quantitative estimate of drug-likeness (QED) is 0.487. The topological polar surface area (TPSA) is 73.2 Å². The molecule has 8 heteroatoms. The number of para-hydroxylation sites is 1. The van der Waals surface area contributed by atoms with E-state index >= 15 is 0 Å². The minimum absolute atomic E-state index is 0.477. The predicted octanol–water partition coefficient (Wildman–Crippen LogP) is 3.88. The van der Waals surface area contributed by atoms with Crippen LogP contribution in [0.3, 0.4) is 0 Å². The van der Waals surface area contributed by atoms with E-state index in [1.54, 1.807) is 11.3 Å². The van der Waals surface area contributed by atoms with Crippen LogP contribution in [0, 0.1) is 9.41 Å². The van der Waals surface area contributed by atoms with Crippen LogP contribution in [0.2, 0.25) is 0 Å². The summed E-state index contributed by atoms with van der Waals surface area (Å²) in [7, 11) is 0. The number of hydrogen-bond donors (Lipinski definition) is 3. The molecule has 0 unspecified atom stereocenters. The van der Waals surface area contributed by atoms with Crippen LogP contribution in [-0.4, -0.2) is 25.1 Å². The molecule has 0 aliphatic carbocycles. The van der Waals surface area contributed by atoms with Crippen LogP contribution in [0.1, 0.15) is 10.7 Å². The van der Waals surface area contributed by atoms with Gasteiger partial charge in [-0.2, -0.15) is 5.10 Å². The van der Waals surface area contributed by atoms with Crippen molar-refractivity contribution in [1.29, 1.82) is 0 Å². The second-order valence-corrected chi connectivity index (χ2v) is 6.52. The summed E-state index contributed by atoms with van der Waals surface area (Å²) in [5, 5.41) is 9.16. The van der Waals surface area contributed by atoms with E-state index in [2.05, 4.69) is 31.2 Å². The molecule has 5 nitrogen and oxygen atoms in total. The maximum atomic E-state index is 5.34. The van der Waals surface area contributed by atoms with Crippen LogP contribution >= 0.6 is 35.8 Å². The monoisotopic (exact) mass is 331 g/mol. The lowest BCUT2D eigenvalue weighted by atomic mass is 10.2. The van der Waals surface area contributed by atoms with Gasteiger partial charge >= 0.3 is 0 Å². The molecule has 4 aromatic rings. The number of benzene rings is 1. The molecule has 104 valence electrons. The third kappa shape index (κ3) is 2.21. The van der Waals surface area contributed by atoms with Crippen molar-refractivity contribution >= 4 is 57.0 Å². The van der Waals surface area contributed by atoms with Crippen LogP contribution in [0.5, 0.6) is 0 Å². The Morgan fingerprint density at radius 3 is 2.86 bits per heavy atom. The SMILES string of the molecule is S=c1[nH]c(=S)c2c(Cc3nc4ccccc4s3)[nH]nc2[nH]1. The number of rotatable bonds is 2. The Kier molecular flexibility index (Phi) is 2.95. The first-order valence-electron chi connectivity index (χ1n) is 6.25. The lowest BCUT2D eigenvalue weighted by Crippen LogP contribution is -1.90. The number of aromatic nitrogens is 5. The lowest BCUT2D eigenvalue weighted by molar-refractivity contribution is 0.998. The van der Waals surface area contributed by atoms with Crippen molar-refractivity contribution in [2.24, 2.45) is 0 Å². The van der Waals surface area contributed by atoms with Crippen molar-refractivity contribution in [1.82, 2.24) is 25.1 Å². The van der Waals surface area contributed by atoms with Crippen molar-refractivity contribution in [2.75, 3.05) is 0 Å². The molecule has 0 amide bonds. The van der Waals surface area contributed by atoms with Crippen LogP contribution < -0.4 is 0 Å². The number of nitrogens with zero attached hydrogens (tertiary/aromatic N) is 2. The predicted molar refractivity (Wildman–Crippen MR) is 88.9 cm³/mol. The van der Waals surface area contributed by atoms with Gasteiger partial charge in [0, 0.05) is 6.42 Å². The fourth-order valence-corrected chi connectivity index (χ4v) is 3.86.